The lowest BCUT2D eigenvalue weighted by Gasteiger charge is -2.36. The van der Waals surface area contributed by atoms with E-state index in [2.05, 4.69) is 11.7 Å². The molecule has 0 bridgehead atoms. The molecule has 0 aliphatic heterocycles. The van der Waals surface area contributed by atoms with Gasteiger partial charge in [-0.15, -0.1) is 0 Å². The second kappa shape index (κ2) is 11.4. The molecule has 0 radical (unpaired) electrons. The van der Waals surface area contributed by atoms with Crippen molar-refractivity contribution in [2.24, 2.45) is 23.7 Å². The highest BCUT2D eigenvalue weighted by Crippen LogP contribution is 2.56. The largest absolute Gasteiger partial charge is 0.453 e. The van der Waals surface area contributed by atoms with E-state index in [9.17, 15) is 18.0 Å². The summed E-state index contributed by atoms with van der Waals surface area (Å²) in [7, 11) is 0. The first-order chi connectivity index (χ1) is 13.3. The highest BCUT2D eigenvalue weighted by atomic mass is 19.4. The second-order valence-electron chi connectivity index (χ2n) is 9.23. The molecule has 2 nitrogen and oxygen atoms in total. The molecule has 5 heteroatoms. The van der Waals surface area contributed by atoms with Gasteiger partial charge in [0.15, 0.2) is 6.10 Å². The number of carbonyl (C=O) groups is 1. The molecule has 0 N–H and O–H groups in total. The molecule has 2 aliphatic rings. The first kappa shape index (κ1) is 23.5. The minimum Gasteiger partial charge on any atom is -0.453 e. The normalized spacial score (nSPS) is 27.9. The Morgan fingerprint density at radius 3 is 2.29 bits per heavy atom. The Kier molecular flexibility index (Phi) is 9.62. The van der Waals surface area contributed by atoms with Gasteiger partial charge in [0.25, 0.3) is 0 Å². The van der Waals surface area contributed by atoms with Crippen molar-refractivity contribution in [3.05, 3.63) is 0 Å². The number of esters is 1. The standard InChI is InChI=1S/C23H39F3O2/c1-3-4-8-12-19-16-21(19)20-14-18(15-20)11-9-6-5-7-10-13-22(27)28-17(2)23(24,25)26/h17-21H,3-16H2,1-2H3. The highest BCUT2D eigenvalue weighted by Gasteiger charge is 2.46. The van der Waals surface area contributed by atoms with Crippen LogP contribution in [0, 0.1) is 23.7 Å². The van der Waals surface area contributed by atoms with Gasteiger partial charge in [-0.05, 0) is 56.3 Å². The molecule has 0 aromatic heterocycles. The molecule has 2 aliphatic carbocycles. The van der Waals surface area contributed by atoms with Crippen LogP contribution in [0.5, 0.6) is 0 Å². The van der Waals surface area contributed by atoms with Gasteiger partial charge in [0.2, 0.25) is 0 Å². The summed E-state index contributed by atoms with van der Waals surface area (Å²) in [6.07, 6.45) is 9.90. The summed E-state index contributed by atoms with van der Waals surface area (Å²) in [5, 5.41) is 0. The fourth-order valence-electron chi connectivity index (χ4n) is 4.76. The third kappa shape index (κ3) is 8.32. The number of unbranched alkanes of at least 4 members (excludes halogenated alkanes) is 6. The Morgan fingerprint density at radius 1 is 0.964 bits per heavy atom. The van der Waals surface area contributed by atoms with E-state index in [1.807, 2.05) is 0 Å². The van der Waals surface area contributed by atoms with E-state index in [0.717, 1.165) is 49.9 Å². The molecular weight excluding hydrogens is 365 g/mol. The number of rotatable bonds is 14. The quantitative estimate of drug-likeness (QED) is 0.222. The predicted molar refractivity (Wildman–Crippen MR) is 106 cm³/mol. The predicted octanol–water partition coefficient (Wildman–Crippen LogP) is 7.45. The molecule has 3 unspecified atom stereocenters. The topological polar surface area (TPSA) is 26.3 Å². The Balaban J connectivity index is 1.37. The number of hydrogen-bond donors (Lipinski definition) is 0. The number of alkyl halides is 3. The minimum absolute atomic E-state index is 0.0888. The van der Waals surface area contributed by atoms with Crippen molar-refractivity contribution in [1.29, 1.82) is 0 Å². The molecule has 2 saturated carbocycles. The summed E-state index contributed by atoms with van der Waals surface area (Å²) >= 11 is 0. The van der Waals surface area contributed by atoms with Gasteiger partial charge in [-0.3, -0.25) is 4.79 Å². The zero-order valence-corrected chi connectivity index (χ0v) is 17.7. The summed E-state index contributed by atoms with van der Waals surface area (Å²) in [5.41, 5.74) is 0. The van der Waals surface area contributed by atoms with Gasteiger partial charge in [-0.2, -0.15) is 13.2 Å². The van der Waals surface area contributed by atoms with E-state index in [1.54, 1.807) is 0 Å². The molecule has 164 valence electrons. The van der Waals surface area contributed by atoms with Gasteiger partial charge in [-0.25, -0.2) is 0 Å². The molecule has 2 fully saturated rings. The smallest absolute Gasteiger partial charge is 0.425 e. The lowest BCUT2D eigenvalue weighted by Crippen LogP contribution is -2.30. The van der Waals surface area contributed by atoms with Crippen LogP contribution in [0.1, 0.15) is 104 Å². The average molecular weight is 405 g/mol. The Morgan fingerprint density at radius 2 is 1.61 bits per heavy atom. The van der Waals surface area contributed by atoms with Crippen LogP contribution in [-0.2, 0) is 9.53 Å². The fourth-order valence-corrected chi connectivity index (χ4v) is 4.76. The molecule has 3 atom stereocenters. The number of hydrogen-bond acceptors (Lipinski definition) is 2. The van der Waals surface area contributed by atoms with Crippen molar-refractivity contribution in [2.75, 3.05) is 0 Å². The van der Waals surface area contributed by atoms with Gasteiger partial charge < -0.3 is 4.74 Å². The number of ether oxygens (including phenoxy) is 1. The first-order valence-electron chi connectivity index (χ1n) is 11.6. The molecular formula is C23H39F3O2. The summed E-state index contributed by atoms with van der Waals surface area (Å²) in [6.45, 7) is 3.15. The Labute approximate surface area is 169 Å². The first-order valence-corrected chi connectivity index (χ1v) is 11.6. The van der Waals surface area contributed by atoms with Crippen molar-refractivity contribution < 1.29 is 22.7 Å². The molecule has 28 heavy (non-hydrogen) atoms. The van der Waals surface area contributed by atoms with E-state index in [1.165, 1.54) is 57.8 Å². The third-order valence-corrected chi connectivity index (χ3v) is 6.80. The Hall–Kier alpha value is -0.740. The summed E-state index contributed by atoms with van der Waals surface area (Å²) in [6, 6.07) is 0. The number of carbonyl (C=O) groups excluding carboxylic acids is 1. The van der Waals surface area contributed by atoms with E-state index in [-0.39, 0.29) is 6.42 Å². The lowest BCUT2D eigenvalue weighted by molar-refractivity contribution is -0.216. The van der Waals surface area contributed by atoms with Gasteiger partial charge in [0, 0.05) is 6.42 Å². The summed E-state index contributed by atoms with van der Waals surface area (Å²) < 4.78 is 41.3. The van der Waals surface area contributed by atoms with Crippen molar-refractivity contribution in [2.45, 2.75) is 116 Å². The van der Waals surface area contributed by atoms with Crippen LogP contribution in [0.2, 0.25) is 0 Å². The lowest BCUT2D eigenvalue weighted by atomic mass is 9.69. The molecule has 0 heterocycles. The third-order valence-electron chi connectivity index (χ3n) is 6.80. The van der Waals surface area contributed by atoms with Crippen LogP contribution in [0.15, 0.2) is 0 Å². The number of halogens is 3. The van der Waals surface area contributed by atoms with E-state index in [4.69, 9.17) is 0 Å². The molecule has 0 amide bonds. The van der Waals surface area contributed by atoms with Crippen LogP contribution < -0.4 is 0 Å². The van der Waals surface area contributed by atoms with Crippen LogP contribution in [-0.4, -0.2) is 18.2 Å². The van der Waals surface area contributed by atoms with Crippen molar-refractivity contribution in [3.63, 3.8) is 0 Å². The van der Waals surface area contributed by atoms with Gasteiger partial charge in [-0.1, -0.05) is 64.7 Å². The maximum atomic E-state index is 12.3. The maximum absolute atomic E-state index is 12.3. The molecule has 0 aromatic rings. The van der Waals surface area contributed by atoms with E-state index >= 15 is 0 Å². The summed E-state index contributed by atoms with van der Waals surface area (Å²) in [4.78, 5) is 11.4. The van der Waals surface area contributed by atoms with E-state index in [0.29, 0.717) is 6.42 Å². The average Bonchev–Trinajstić information content (AvgIpc) is 3.33. The summed E-state index contributed by atoms with van der Waals surface area (Å²) in [5.74, 6) is 3.30. The highest BCUT2D eigenvalue weighted by molar-refractivity contribution is 5.69. The molecule has 2 rings (SSSR count). The van der Waals surface area contributed by atoms with Gasteiger partial charge in [0.05, 0.1) is 0 Å². The molecule has 0 spiro atoms. The van der Waals surface area contributed by atoms with Gasteiger partial charge in [0.1, 0.15) is 0 Å². The van der Waals surface area contributed by atoms with Crippen molar-refractivity contribution in [1.82, 2.24) is 0 Å². The minimum atomic E-state index is -4.47. The molecule has 0 saturated heterocycles. The van der Waals surface area contributed by atoms with Gasteiger partial charge >= 0.3 is 12.1 Å². The fraction of sp³-hybridized carbons (Fsp3) is 0.957. The van der Waals surface area contributed by atoms with E-state index < -0.39 is 18.2 Å². The van der Waals surface area contributed by atoms with Crippen molar-refractivity contribution >= 4 is 5.97 Å². The zero-order chi connectivity index (χ0) is 20.6. The van der Waals surface area contributed by atoms with Crippen LogP contribution in [0.3, 0.4) is 0 Å². The Bertz CT molecular complexity index is 457. The van der Waals surface area contributed by atoms with Crippen LogP contribution in [0.25, 0.3) is 0 Å². The maximum Gasteiger partial charge on any atom is 0.425 e. The molecule has 0 aromatic carbocycles. The second-order valence-corrected chi connectivity index (χ2v) is 9.23. The van der Waals surface area contributed by atoms with Crippen molar-refractivity contribution in [3.8, 4) is 0 Å². The SMILES string of the molecule is CCCCCC1CC1C1CC(CCCCCCCC(=O)OC(C)C(F)(F)F)C1. The van der Waals surface area contributed by atoms with Crippen LogP contribution in [0.4, 0.5) is 13.2 Å². The van der Waals surface area contributed by atoms with Crippen LogP contribution >= 0.6 is 0 Å². The monoisotopic (exact) mass is 404 g/mol. The zero-order valence-electron chi connectivity index (χ0n) is 17.7.